The van der Waals surface area contributed by atoms with E-state index in [0.717, 1.165) is 19.3 Å². The number of carbonyl (C=O) groups is 1. The number of nitrogens with one attached hydrogen (secondary N) is 1. The smallest absolute Gasteiger partial charge is 0.277 e. The van der Waals surface area contributed by atoms with Gasteiger partial charge in [-0.25, -0.2) is 8.78 Å². The molecule has 0 heterocycles. The first-order valence-corrected chi connectivity index (χ1v) is 7.62. The zero-order valence-electron chi connectivity index (χ0n) is 12.1. The van der Waals surface area contributed by atoms with Crippen LogP contribution < -0.4 is 11.1 Å². The molecule has 4 aliphatic carbocycles. The second-order valence-electron chi connectivity index (χ2n) is 7.79. The average molecular weight is 286 g/mol. The quantitative estimate of drug-likeness (QED) is 0.833. The minimum Gasteiger partial charge on any atom is -0.350 e. The summed E-state index contributed by atoms with van der Waals surface area (Å²) in [5, 5.41) is 2.48. The van der Waals surface area contributed by atoms with Crippen molar-refractivity contribution in [3.63, 3.8) is 0 Å². The van der Waals surface area contributed by atoms with Crippen molar-refractivity contribution < 1.29 is 13.6 Å². The molecule has 0 saturated heterocycles. The maximum Gasteiger partial charge on any atom is 0.277 e. The molecule has 20 heavy (non-hydrogen) atoms. The fourth-order valence-electron chi connectivity index (χ4n) is 5.46. The molecule has 0 aromatic rings. The van der Waals surface area contributed by atoms with Crippen LogP contribution in [0.3, 0.4) is 0 Å². The van der Waals surface area contributed by atoms with Crippen LogP contribution in [0.5, 0.6) is 0 Å². The van der Waals surface area contributed by atoms with Crippen LogP contribution in [0.4, 0.5) is 8.78 Å². The predicted molar refractivity (Wildman–Crippen MR) is 72.2 cm³/mol. The molecular formula is C15H24F2N2O. The minimum absolute atomic E-state index is 0.161. The SMILES string of the molecule is CC12CC3CC(C1)CC(C(=O)NCC(F)(F)CN)(C3)C2. The van der Waals surface area contributed by atoms with Crippen LogP contribution in [0.25, 0.3) is 0 Å². The molecule has 3 N–H and O–H groups in total. The summed E-state index contributed by atoms with van der Waals surface area (Å²) in [5.41, 5.74) is 4.88. The van der Waals surface area contributed by atoms with Gasteiger partial charge in [0.25, 0.3) is 5.92 Å². The minimum atomic E-state index is -3.00. The van der Waals surface area contributed by atoms with E-state index in [1.54, 1.807) is 0 Å². The van der Waals surface area contributed by atoms with Gasteiger partial charge >= 0.3 is 0 Å². The summed E-state index contributed by atoms with van der Waals surface area (Å²) < 4.78 is 26.4. The topological polar surface area (TPSA) is 55.1 Å². The van der Waals surface area contributed by atoms with Gasteiger partial charge in [0.1, 0.15) is 0 Å². The number of hydrogen-bond acceptors (Lipinski definition) is 2. The Hall–Kier alpha value is -0.710. The zero-order valence-corrected chi connectivity index (χ0v) is 12.1. The molecule has 4 saturated carbocycles. The summed E-state index contributed by atoms with van der Waals surface area (Å²) in [4.78, 5) is 12.5. The summed E-state index contributed by atoms with van der Waals surface area (Å²) in [5.74, 6) is -1.93. The molecule has 5 heteroatoms. The van der Waals surface area contributed by atoms with Crippen LogP contribution >= 0.6 is 0 Å². The van der Waals surface area contributed by atoms with Gasteiger partial charge < -0.3 is 11.1 Å². The molecule has 4 rings (SSSR count). The first-order valence-electron chi connectivity index (χ1n) is 7.62. The normalized spacial score (nSPS) is 42.8. The van der Waals surface area contributed by atoms with Crippen LogP contribution in [0.1, 0.15) is 45.4 Å². The highest BCUT2D eigenvalue weighted by molar-refractivity contribution is 5.83. The molecule has 1 amide bonds. The highest BCUT2D eigenvalue weighted by Gasteiger charge is 2.58. The van der Waals surface area contributed by atoms with E-state index < -0.39 is 19.0 Å². The van der Waals surface area contributed by atoms with E-state index in [2.05, 4.69) is 12.2 Å². The lowest BCUT2D eigenvalue weighted by Gasteiger charge is -2.60. The Morgan fingerprint density at radius 3 is 2.40 bits per heavy atom. The lowest BCUT2D eigenvalue weighted by molar-refractivity contribution is -0.156. The summed E-state index contributed by atoms with van der Waals surface area (Å²) in [6.07, 6.45) is 6.28. The van der Waals surface area contributed by atoms with Crippen molar-refractivity contribution in [3.05, 3.63) is 0 Å². The highest BCUT2D eigenvalue weighted by atomic mass is 19.3. The van der Waals surface area contributed by atoms with Crippen LogP contribution in [0.15, 0.2) is 0 Å². The molecule has 0 aromatic heterocycles. The molecule has 0 aromatic carbocycles. The van der Waals surface area contributed by atoms with Crippen molar-refractivity contribution in [3.8, 4) is 0 Å². The van der Waals surface area contributed by atoms with Crippen LogP contribution in [-0.4, -0.2) is 24.9 Å². The molecule has 4 aliphatic rings. The summed E-state index contributed by atoms with van der Waals surface area (Å²) in [6, 6.07) is 0. The second-order valence-corrected chi connectivity index (χ2v) is 7.79. The number of nitrogens with two attached hydrogens (primary N) is 1. The third kappa shape index (κ3) is 2.34. The molecule has 4 bridgehead atoms. The van der Waals surface area contributed by atoms with Crippen molar-refractivity contribution >= 4 is 5.91 Å². The van der Waals surface area contributed by atoms with Gasteiger partial charge in [-0.1, -0.05) is 6.92 Å². The van der Waals surface area contributed by atoms with E-state index in [1.165, 1.54) is 19.3 Å². The second kappa shape index (κ2) is 4.39. The third-order valence-electron chi connectivity index (χ3n) is 5.64. The van der Waals surface area contributed by atoms with Crippen molar-refractivity contribution in [1.82, 2.24) is 5.32 Å². The van der Waals surface area contributed by atoms with E-state index in [0.29, 0.717) is 11.8 Å². The van der Waals surface area contributed by atoms with Gasteiger partial charge in [0, 0.05) is 0 Å². The Labute approximate surface area is 118 Å². The lowest BCUT2D eigenvalue weighted by Crippen LogP contribution is -2.58. The fraction of sp³-hybridized carbons (Fsp3) is 0.933. The average Bonchev–Trinajstić information content (AvgIpc) is 2.33. The van der Waals surface area contributed by atoms with Crippen molar-refractivity contribution in [2.45, 2.75) is 51.4 Å². The van der Waals surface area contributed by atoms with Crippen LogP contribution in [0.2, 0.25) is 0 Å². The number of alkyl halides is 2. The van der Waals surface area contributed by atoms with Crippen LogP contribution in [-0.2, 0) is 4.79 Å². The van der Waals surface area contributed by atoms with Gasteiger partial charge in [-0.3, -0.25) is 4.79 Å². The first kappa shape index (κ1) is 14.2. The maximum atomic E-state index is 13.2. The molecule has 2 unspecified atom stereocenters. The van der Waals surface area contributed by atoms with Gasteiger partial charge in [0.05, 0.1) is 18.5 Å². The van der Waals surface area contributed by atoms with Gasteiger partial charge in [-0.2, -0.15) is 0 Å². The van der Waals surface area contributed by atoms with Gasteiger partial charge in [0.2, 0.25) is 5.91 Å². The fourth-order valence-corrected chi connectivity index (χ4v) is 5.46. The summed E-state index contributed by atoms with van der Waals surface area (Å²) in [6.45, 7) is 0.917. The number of carbonyl (C=O) groups excluding carboxylic acids is 1. The number of halogens is 2. The molecule has 2 atom stereocenters. The maximum absolute atomic E-state index is 13.2. The Bertz CT molecular complexity index is 410. The first-order chi connectivity index (χ1) is 9.26. The number of amides is 1. The summed E-state index contributed by atoms with van der Waals surface area (Å²) >= 11 is 0. The molecule has 114 valence electrons. The molecule has 4 fully saturated rings. The molecule has 3 nitrogen and oxygen atoms in total. The third-order valence-corrected chi connectivity index (χ3v) is 5.64. The van der Waals surface area contributed by atoms with E-state index >= 15 is 0 Å². The van der Waals surface area contributed by atoms with Crippen LogP contribution in [0, 0.1) is 22.7 Å². The summed E-state index contributed by atoms with van der Waals surface area (Å²) in [7, 11) is 0. The van der Waals surface area contributed by atoms with Crippen molar-refractivity contribution in [2.75, 3.05) is 13.1 Å². The van der Waals surface area contributed by atoms with Crippen molar-refractivity contribution in [2.24, 2.45) is 28.4 Å². The molecular weight excluding hydrogens is 262 g/mol. The number of hydrogen-bond donors (Lipinski definition) is 2. The van der Waals surface area contributed by atoms with Crippen molar-refractivity contribution in [1.29, 1.82) is 0 Å². The van der Waals surface area contributed by atoms with Gasteiger partial charge in [-0.15, -0.1) is 0 Å². The van der Waals surface area contributed by atoms with E-state index in [4.69, 9.17) is 5.73 Å². The predicted octanol–water partition coefficient (Wildman–Crippen LogP) is 2.30. The Kier molecular flexibility index (Phi) is 3.13. The lowest BCUT2D eigenvalue weighted by atomic mass is 9.44. The zero-order chi connectivity index (χ0) is 14.6. The monoisotopic (exact) mass is 286 g/mol. The van der Waals surface area contributed by atoms with E-state index in [1.807, 2.05) is 0 Å². The Morgan fingerprint density at radius 2 is 1.90 bits per heavy atom. The van der Waals surface area contributed by atoms with Gasteiger partial charge in [-0.05, 0) is 55.8 Å². The Balaban J connectivity index is 1.71. The highest BCUT2D eigenvalue weighted by Crippen LogP contribution is 2.65. The molecule has 0 radical (unpaired) electrons. The molecule has 0 spiro atoms. The number of rotatable bonds is 4. The largest absolute Gasteiger partial charge is 0.350 e. The van der Waals surface area contributed by atoms with E-state index in [9.17, 15) is 13.6 Å². The molecule has 0 aliphatic heterocycles. The standard InChI is InChI=1S/C15H24F2N2O/c1-13-3-10-2-11(4-13)6-14(5-10,7-13)12(20)19-9-15(16,17)8-18/h10-11H,2-9,18H2,1H3,(H,19,20). The Morgan fingerprint density at radius 1 is 1.30 bits per heavy atom. The van der Waals surface area contributed by atoms with E-state index in [-0.39, 0.29) is 16.7 Å². The van der Waals surface area contributed by atoms with Gasteiger partial charge in [0.15, 0.2) is 0 Å².